The molecule has 0 N–H and O–H groups in total. The summed E-state index contributed by atoms with van der Waals surface area (Å²) in [5.74, 6) is -0.229. The number of carbonyl (C=O) groups excluding carboxylic acids is 1. The van der Waals surface area contributed by atoms with E-state index in [1.165, 1.54) is 11.3 Å². The fraction of sp³-hybridized carbons (Fsp3) is 0.269. The summed E-state index contributed by atoms with van der Waals surface area (Å²) in [5, 5.41) is 0. The molecule has 0 saturated carbocycles. The predicted molar refractivity (Wildman–Crippen MR) is 142 cm³/mol. The molecule has 2 aromatic carbocycles. The van der Waals surface area contributed by atoms with Crippen molar-refractivity contribution in [1.82, 2.24) is 4.57 Å². The Hall–Kier alpha value is -2.42. The van der Waals surface area contributed by atoms with Crippen LogP contribution < -0.4 is 14.9 Å². The number of hydrogen-bond donors (Lipinski definition) is 0. The highest BCUT2D eigenvalue weighted by atomic mass is 79.9. The molecule has 0 aliphatic carbocycles. The Balaban J connectivity index is 1.89. The highest BCUT2D eigenvalue weighted by Gasteiger charge is 2.33. The average Bonchev–Trinajstić information content (AvgIpc) is 3.12. The summed E-state index contributed by atoms with van der Waals surface area (Å²) in [6.07, 6.45) is 3.87. The molecule has 0 amide bonds. The Kier molecular flexibility index (Phi) is 7.60. The van der Waals surface area contributed by atoms with Crippen LogP contribution in [0.2, 0.25) is 0 Å². The smallest absolute Gasteiger partial charge is 0.338 e. The molecule has 0 saturated heterocycles. The van der Waals surface area contributed by atoms with Crippen molar-refractivity contribution in [3.05, 3.63) is 95.1 Å². The Morgan fingerprint density at radius 1 is 1.21 bits per heavy atom. The van der Waals surface area contributed by atoms with Crippen molar-refractivity contribution < 1.29 is 9.53 Å². The highest BCUT2D eigenvalue weighted by Crippen LogP contribution is 2.31. The van der Waals surface area contributed by atoms with E-state index in [9.17, 15) is 9.59 Å². The third-order valence-electron chi connectivity index (χ3n) is 5.39. The van der Waals surface area contributed by atoms with Crippen molar-refractivity contribution >= 4 is 51.1 Å². The Bertz CT molecular complexity index is 1420. The first kappa shape index (κ1) is 24.7. The van der Waals surface area contributed by atoms with Gasteiger partial charge in [-0.1, -0.05) is 65.4 Å². The highest BCUT2D eigenvalue weighted by molar-refractivity contribution is 9.10. The number of ether oxygens (including phenoxy) is 1. The summed E-state index contributed by atoms with van der Waals surface area (Å²) in [6, 6.07) is 15.1. The van der Waals surface area contributed by atoms with E-state index in [4.69, 9.17) is 4.74 Å². The standard InChI is InChI=1S/C26H25BrN2O3S2/c1-15(2)14-32-25(31)22-16(3)28-26-29(23(22)18-7-11-20(33-4)12-8-18)24(30)21(34-26)13-17-5-9-19(27)10-6-17/h5-13,15,23H,14H2,1-4H3. The van der Waals surface area contributed by atoms with Crippen LogP contribution in [0.4, 0.5) is 0 Å². The normalized spacial score (nSPS) is 15.9. The number of thiazole rings is 1. The lowest BCUT2D eigenvalue weighted by Crippen LogP contribution is -2.40. The van der Waals surface area contributed by atoms with Crippen molar-refractivity contribution in [2.45, 2.75) is 31.7 Å². The Morgan fingerprint density at radius 3 is 2.50 bits per heavy atom. The number of allylic oxidation sites excluding steroid dienone is 1. The number of fused-ring (bicyclic) bond motifs is 1. The van der Waals surface area contributed by atoms with E-state index in [0.717, 1.165) is 20.5 Å². The molecule has 1 aliphatic rings. The maximum atomic E-state index is 13.6. The maximum Gasteiger partial charge on any atom is 0.338 e. The van der Waals surface area contributed by atoms with E-state index >= 15 is 0 Å². The molecule has 0 fully saturated rings. The zero-order valence-electron chi connectivity index (χ0n) is 19.4. The molecule has 3 aromatic rings. The van der Waals surface area contributed by atoms with Gasteiger partial charge in [-0.05, 0) is 60.6 Å². The number of hydrogen-bond acceptors (Lipinski definition) is 6. The van der Waals surface area contributed by atoms with Crippen LogP contribution in [-0.4, -0.2) is 23.4 Å². The largest absolute Gasteiger partial charge is 0.462 e. The quantitative estimate of drug-likeness (QED) is 0.319. The van der Waals surface area contributed by atoms with Gasteiger partial charge in [-0.3, -0.25) is 9.36 Å². The van der Waals surface area contributed by atoms with Crippen LogP contribution in [-0.2, 0) is 9.53 Å². The molecule has 0 radical (unpaired) electrons. The van der Waals surface area contributed by atoms with Crippen LogP contribution >= 0.6 is 39.0 Å². The van der Waals surface area contributed by atoms with Gasteiger partial charge < -0.3 is 4.74 Å². The third kappa shape index (κ3) is 5.14. The second-order valence-corrected chi connectivity index (χ2v) is 11.2. The van der Waals surface area contributed by atoms with Gasteiger partial charge >= 0.3 is 5.97 Å². The molecular formula is C26H25BrN2O3S2. The number of thioether (sulfide) groups is 1. The lowest BCUT2D eigenvalue weighted by molar-refractivity contribution is -0.140. The molecule has 4 rings (SSSR count). The SMILES string of the molecule is CSc1ccc(C2C(C(=O)OCC(C)C)=C(C)N=c3sc(=Cc4ccc(Br)cc4)c(=O)n32)cc1. The van der Waals surface area contributed by atoms with E-state index in [1.807, 2.05) is 74.7 Å². The molecule has 0 bridgehead atoms. The van der Waals surface area contributed by atoms with E-state index in [-0.39, 0.29) is 11.5 Å². The molecule has 176 valence electrons. The second kappa shape index (κ2) is 10.5. The van der Waals surface area contributed by atoms with Gasteiger partial charge in [-0.2, -0.15) is 0 Å². The van der Waals surface area contributed by atoms with Gasteiger partial charge in [0, 0.05) is 9.37 Å². The van der Waals surface area contributed by atoms with E-state index in [1.54, 1.807) is 23.3 Å². The monoisotopic (exact) mass is 556 g/mol. The van der Waals surface area contributed by atoms with E-state index in [2.05, 4.69) is 20.9 Å². The maximum absolute atomic E-state index is 13.6. The van der Waals surface area contributed by atoms with Gasteiger partial charge in [0.1, 0.15) is 0 Å². The van der Waals surface area contributed by atoms with Crippen molar-refractivity contribution in [3.8, 4) is 0 Å². The Labute approximate surface area is 215 Å². The molecule has 8 heteroatoms. The van der Waals surface area contributed by atoms with Crippen molar-refractivity contribution in [3.63, 3.8) is 0 Å². The number of nitrogens with zero attached hydrogens (tertiary/aromatic N) is 2. The molecule has 0 spiro atoms. The zero-order valence-corrected chi connectivity index (χ0v) is 22.6. The van der Waals surface area contributed by atoms with Crippen LogP contribution in [0, 0.1) is 5.92 Å². The number of aromatic nitrogens is 1. The Morgan fingerprint density at radius 2 is 1.88 bits per heavy atom. The summed E-state index contributed by atoms with van der Waals surface area (Å²) < 4.78 is 8.76. The van der Waals surface area contributed by atoms with Gasteiger partial charge in [0.15, 0.2) is 4.80 Å². The second-order valence-electron chi connectivity index (χ2n) is 8.40. The number of rotatable bonds is 6. The average molecular weight is 558 g/mol. The molecule has 1 aliphatic heterocycles. The van der Waals surface area contributed by atoms with Crippen molar-refractivity contribution in [2.75, 3.05) is 12.9 Å². The minimum absolute atomic E-state index is 0.174. The first-order valence-corrected chi connectivity index (χ1v) is 13.7. The van der Waals surface area contributed by atoms with Gasteiger partial charge in [-0.25, -0.2) is 9.79 Å². The van der Waals surface area contributed by atoms with Crippen molar-refractivity contribution in [2.24, 2.45) is 10.9 Å². The van der Waals surface area contributed by atoms with Gasteiger partial charge in [0.2, 0.25) is 0 Å². The van der Waals surface area contributed by atoms with Crippen LogP contribution in [0.1, 0.15) is 37.9 Å². The summed E-state index contributed by atoms with van der Waals surface area (Å²) in [6.45, 7) is 6.09. The summed E-state index contributed by atoms with van der Waals surface area (Å²) >= 11 is 6.41. The number of carbonyl (C=O) groups is 1. The molecule has 1 unspecified atom stereocenters. The molecule has 1 atom stereocenters. The molecule has 34 heavy (non-hydrogen) atoms. The summed E-state index contributed by atoms with van der Waals surface area (Å²) in [7, 11) is 0. The topological polar surface area (TPSA) is 60.7 Å². The van der Waals surface area contributed by atoms with Gasteiger partial charge in [0.05, 0.1) is 28.5 Å². The lowest BCUT2D eigenvalue weighted by Gasteiger charge is -2.25. The molecule has 1 aromatic heterocycles. The van der Waals surface area contributed by atoms with Crippen LogP contribution in [0.3, 0.4) is 0 Å². The van der Waals surface area contributed by atoms with Crippen LogP contribution in [0.5, 0.6) is 0 Å². The minimum atomic E-state index is -0.598. The van der Waals surface area contributed by atoms with Gasteiger partial charge in [0.25, 0.3) is 5.56 Å². The number of halogens is 1. The lowest BCUT2D eigenvalue weighted by atomic mass is 9.96. The third-order valence-corrected chi connectivity index (χ3v) is 7.64. The van der Waals surface area contributed by atoms with Crippen LogP contribution in [0.25, 0.3) is 6.08 Å². The van der Waals surface area contributed by atoms with Crippen molar-refractivity contribution in [1.29, 1.82) is 0 Å². The fourth-order valence-electron chi connectivity index (χ4n) is 3.71. The fourth-order valence-corrected chi connectivity index (χ4v) is 5.43. The van der Waals surface area contributed by atoms with E-state index in [0.29, 0.717) is 27.2 Å². The molecular weight excluding hydrogens is 532 g/mol. The molecule has 5 nitrogen and oxygen atoms in total. The van der Waals surface area contributed by atoms with Gasteiger partial charge in [-0.15, -0.1) is 11.8 Å². The zero-order chi connectivity index (χ0) is 24.4. The van der Waals surface area contributed by atoms with E-state index < -0.39 is 12.0 Å². The predicted octanol–water partition coefficient (Wildman–Crippen LogP) is 4.92. The summed E-state index contributed by atoms with van der Waals surface area (Å²) in [4.78, 5) is 33.2. The molecule has 2 heterocycles. The summed E-state index contributed by atoms with van der Waals surface area (Å²) in [5.41, 5.74) is 2.57. The minimum Gasteiger partial charge on any atom is -0.462 e. The number of benzene rings is 2. The van der Waals surface area contributed by atoms with Crippen LogP contribution in [0.15, 0.2) is 79.0 Å². The first-order chi connectivity index (χ1) is 16.3. The number of esters is 1. The first-order valence-electron chi connectivity index (χ1n) is 10.9.